The number of hydrogen-bond acceptors (Lipinski definition) is 2. The number of carbonyl (C=O) groups is 1. The summed E-state index contributed by atoms with van der Waals surface area (Å²) in [6, 6.07) is 0. The molecule has 0 unspecified atom stereocenters. The first-order chi connectivity index (χ1) is 5.66. The van der Waals surface area contributed by atoms with Gasteiger partial charge in [-0.05, 0) is 25.2 Å². The van der Waals surface area contributed by atoms with Crippen molar-refractivity contribution in [2.24, 2.45) is 17.3 Å². The maximum Gasteiger partial charge on any atom is 0.142 e. The van der Waals surface area contributed by atoms with E-state index >= 15 is 0 Å². The molecule has 0 aromatic rings. The molecule has 0 amide bonds. The van der Waals surface area contributed by atoms with Gasteiger partial charge in [-0.3, -0.25) is 4.79 Å². The Morgan fingerprint density at radius 2 is 2.42 bits per heavy atom. The van der Waals surface area contributed by atoms with Gasteiger partial charge >= 0.3 is 0 Å². The van der Waals surface area contributed by atoms with Crippen LogP contribution in [0.3, 0.4) is 0 Å². The van der Waals surface area contributed by atoms with Gasteiger partial charge in [0.25, 0.3) is 0 Å². The van der Waals surface area contributed by atoms with Crippen molar-refractivity contribution in [3.8, 4) is 0 Å². The molecule has 0 radical (unpaired) electrons. The Labute approximate surface area is 72.3 Å². The summed E-state index contributed by atoms with van der Waals surface area (Å²) in [5, 5.41) is 9.19. The lowest BCUT2D eigenvalue weighted by Crippen LogP contribution is -2.41. The lowest BCUT2D eigenvalue weighted by molar-refractivity contribution is -0.135. The molecule has 1 N–H and O–H groups in total. The molecule has 2 aliphatic carbocycles. The lowest BCUT2D eigenvalue weighted by atomic mass is 9.67. The van der Waals surface area contributed by atoms with Crippen LogP contribution >= 0.6 is 0 Å². The molecule has 0 aromatic carbocycles. The minimum absolute atomic E-state index is 0.00639. The molecule has 0 heterocycles. The van der Waals surface area contributed by atoms with Crippen LogP contribution in [-0.4, -0.2) is 17.5 Å². The molecule has 2 heteroatoms. The Morgan fingerprint density at radius 3 is 3.08 bits per heavy atom. The zero-order chi connectivity index (χ0) is 8.77. The second-order valence-electron chi connectivity index (χ2n) is 4.19. The van der Waals surface area contributed by atoms with Crippen LogP contribution < -0.4 is 0 Å². The zero-order valence-corrected chi connectivity index (χ0v) is 7.29. The van der Waals surface area contributed by atoms with Gasteiger partial charge in [-0.15, -0.1) is 0 Å². The molecule has 12 heavy (non-hydrogen) atoms. The van der Waals surface area contributed by atoms with E-state index in [1.807, 2.05) is 6.92 Å². The van der Waals surface area contributed by atoms with E-state index in [1.54, 1.807) is 0 Å². The average molecular weight is 166 g/mol. The van der Waals surface area contributed by atoms with Crippen molar-refractivity contribution in [3.63, 3.8) is 0 Å². The van der Waals surface area contributed by atoms with E-state index in [1.165, 1.54) is 0 Å². The average Bonchev–Trinajstić information content (AvgIpc) is 2.47. The smallest absolute Gasteiger partial charge is 0.142 e. The SMILES string of the molecule is C[C@@]1(CO)C(=O)C[C@@H]2C=C[C@H]1C2. The fraction of sp³-hybridized carbons (Fsp3) is 0.700. The Bertz CT molecular complexity index is 244. The minimum Gasteiger partial charge on any atom is -0.395 e. The van der Waals surface area contributed by atoms with Gasteiger partial charge < -0.3 is 5.11 Å². The van der Waals surface area contributed by atoms with E-state index in [2.05, 4.69) is 12.2 Å². The van der Waals surface area contributed by atoms with Crippen LogP contribution in [0.4, 0.5) is 0 Å². The van der Waals surface area contributed by atoms with E-state index in [0.29, 0.717) is 12.3 Å². The summed E-state index contributed by atoms with van der Waals surface area (Å²) in [5.41, 5.74) is -0.483. The molecule has 2 rings (SSSR count). The maximum atomic E-state index is 11.6. The van der Waals surface area contributed by atoms with Crippen LogP contribution in [0.25, 0.3) is 0 Å². The molecule has 3 atom stereocenters. The number of aliphatic hydroxyl groups excluding tert-OH is 1. The van der Waals surface area contributed by atoms with Gasteiger partial charge in [0.05, 0.1) is 12.0 Å². The Morgan fingerprint density at radius 1 is 1.67 bits per heavy atom. The standard InChI is InChI=1S/C10H14O2/c1-10(6-11)8-3-2-7(4-8)5-9(10)12/h2-3,7-8,11H,4-6H2,1H3/t7-,8+,10+/m1/s1. The molecule has 0 spiro atoms. The zero-order valence-electron chi connectivity index (χ0n) is 7.29. The predicted octanol–water partition coefficient (Wildman–Crippen LogP) is 1.15. The van der Waals surface area contributed by atoms with E-state index in [-0.39, 0.29) is 18.3 Å². The molecule has 2 bridgehead atoms. The summed E-state index contributed by atoms with van der Waals surface area (Å²) < 4.78 is 0. The van der Waals surface area contributed by atoms with Crippen molar-refractivity contribution in [1.82, 2.24) is 0 Å². The van der Waals surface area contributed by atoms with Crippen molar-refractivity contribution in [2.45, 2.75) is 19.8 Å². The number of rotatable bonds is 1. The molecule has 2 nitrogen and oxygen atoms in total. The Hall–Kier alpha value is -0.630. The van der Waals surface area contributed by atoms with Crippen LogP contribution in [0.5, 0.6) is 0 Å². The number of ketones is 1. The highest BCUT2D eigenvalue weighted by atomic mass is 16.3. The van der Waals surface area contributed by atoms with Crippen LogP contribution in [0.2, 0.25) is 0 Å². The number of Topliss-reactive ketones (excluding diaryl/α,β-unsaturated/α-hetero) is 1. The summed E-state index contributed by atoms with van der Waals surface area (Å²) in [6.07, 6.45) is 5.92. The summed E-state index contributed by atoms with van der Waals surface area (Å²) in [5.74, 6) is 0.979. The second-order valence-corrected chi connectivity index (χ2v) is 4.19. The third-order valence-corrected chi connectivity index (χ3v) is 3.40. The molecule has 1 saturated carbocycles. The first-order valence-corrected chi connectivity index (χ1v) is 4.49. The van der Waals surface area contributed by atoms with Crippen molar-refractivity contribution >= 4 is 5.78 Å². The first-order valence-electron chi connectivity index (χ1n) is 4.49. The van der Waals surface area contributed by atoms with Gasteiger partial charge in [-0.2, -0.15) is 0 Å². The Balaban J connectivity index is 2.32. The van der Waals surface area contributed by atoms with Crippen molar-refractivity contribution < 1.29 is 9.90 Å². The summed E-state index contributed by atoms with van der Waals surface area (Å²) in [7, 11) is 0. The van der Waals surface area contributed by atoms with Crippen molar-refractivity contribution in [1.29, 1.82) is 0 Å². The molecule has 2 aliphatic rings. The summed E-state index contributed by atoms with van der Waals surface area (Å²) in [4.78, 5) is 11.6. The normalized spacial score (nSPS) is 45.3. The van der Waals surface area contributed by atoms with Gasteiger partial charge in [0.1, 0.15) is 5.78 Å². The molecule has 66 valence electrons. The maximum absolute atomic E-state index is 11.6. The lowest BCUT2D eigenvalue weighted by Gasteiger charge is -2.36. The molecule has 0 aromatic heterocycles. The van der Waals surface area contributed by atoms with Gasteiger partial charge in [-0.25, -0.2) is 0 Å². The number of allylic oxidation sites excluding steroid dienone is 2. The first kappa shape index (κ1) is 7.99. The van der Waals surface area contributed by atoms with Crippen LogP contribution in [-0.2, 0) is 4.79 Å². The monoisotopic (exact) mass is 166 g/mol. The van der Waals surface area contributed by atoms with E-state index < -0.39 is 5.41 Å². The molecular weight excluding hydrogens is 152 g/mol. The third kappa shape index (κ3) is 0.876. The van der Waals surface area contributed by atoms with E-state index in [4.69, 9.17) is 0 Å². The number of hydrogen-bond donors (Lipinski definition) is 1. The van der Waals surface area contributed by atoms with E-state index in [0.717, 1.165) is 6.42 Å². The highest BCUT2D eigenvalue weighted by molar-refractivity contribution is 5.87. The molecular formula is C10H14O2. The topological polar surface area (TPSA) is 37.3 Å². The van der Waals surface area contributed by atoms with Crippen LogP contribution in [0.15, 0.2) is 12.2 Å². The summed E-state index contributed by atoms with van der Waals surface area (Å²) in [6.45, 7) is 1.87. The quantitative estimate of drug-likeness (QED) is 0.593. The molecule has 0 aliphatic heterocycles. The van der Waals surface area contributed by atoms with Crippen molar-refractivity contribution in [2.75, 3.05) is 6.61 Å². The summed E-state index contributed by atoms with van der Waals surface area (Å²) >= 11 is 0. The fourth-order valence-electron chi connectivity index (χ4n) is 2.28. The molecule has 0 saturated heterocycles. The Kier molecular flexibility index (Phi) is 1.62. The van der Waals surface area contributed by atoms with Crippen molar-refractivity contribution in [3.05, 3.63) is 12.2 Å². The predicted molar refractivity (Wildman–Crippen MR) is 45.6 cm³/mol. The number of aliphatic hydroxyl groups is 1. The minimum atomic E-state index is -0.483. The fourth-order valence-corrected chi connectivity index (χ4v) is 2.28. The highest BCUT2D eigenvalue weighted by Gasteiger charge is 2.46. The van der Waals surface area contributed by atoms with Gasteiger partial charge in [-0.1, -0.05) is 12.2 Å². The second kappa shape index (κ2) is 2.43. The van der Waals surface area contributed by atoms with E-state index in [9.17, 15) is 9.90 Å². The van der Waals surface area contributed by atoms with Crippen LogP contribution in [0, 0.1) is 17.3 Å². The van der Waals surface area contributed by atoms with Crippen LogP contribution in [0.1, 0.15) is 19.8 Å². The number of carbonyl (C=O) groups excluding carboxylic acids is 1. The largest absolute Gasteiger partial charge is 0.395 e. The van der Waals surface area contributed by atoms with Gasteiger partial charge in [0.15, 0.2) is 0 Å². The van der Waals surface area contributed by atoms with Gasteiger partial charge in [0, 0.05) is 6.42 Å². The van der Waals surface area contributed by atoms with Gasteiger partial charge in [0.2, 0.25) is 0 Å². The highest BCUT2D eigenvalue weighted by Crippen LogP contribution is 2.45. The molecule has 1 fully saturated rings. The number of fused-ring (bicyclic) bond motifs is 2. The third-order valence-electron chi connectivity index (χ3n) is 3.40.